The highest BCUT2D eigenvalue weighted by Crippen LogP contribution is 2.19. The minimum absolute atomic E-state index is 0.0204. The van der Waals surface area contributed by atoms with E-state index in [0.29, 0.717) is 11.6 Å². The molecule has 3 heterocycles. The van der Waals surface area contributed by atoms with Crippen molar-refractivity contribution in [2.75, 3.05) is 0 Å². The van der Waals surface area contributed by atoms with E-state index in [4.69, 9.17) is 0 Å². The molecule has 0 fully saturated rings. The summed E-state index contributed by atoms with van der Waals surface area (Å²) in [6, 6.07) is 11.4. The van der Waals surface area contributed by atoms with Gasteiger partial charge in [0.2, 0.25) is 0 Å². The Kier molecular flexibility index (Phi) is 4.90. The van der Waals surface area contributed by atoms with E-state index < -0.39 is 11.5 Å². The predicted molar refractivity (Wildman–Crippen MR) is 109 cm³/mol. The summed E-state index contributed by atoms with van der Waals surface area (Å²) in [5.74, 6) is 0.805. The minimum atomic E-state index is -0.487. The number of benzene rings is 1. The summed E-state index contributed by atoms with van der Waals surface area (Å²) in [7, 11) is 0. The number of carbonyl (C=O) groups is 1. The van der Waals surface area contributed by atoms with Crippen molar-refractivity contribution in [2.45, 2.75) is 26.3 Å². The van der Waals surface area contributed by atoms with Gasteiger partial charge in [0, 0.05) is 30.4 Å². The lowest BCUT2D eigenvalue weighted by Gasteiger charge is -2.11. The number of amides is 1. The van der Waals surface area contributed by atoms with Crippen molar-refractivity contribution in [1.82, 2.24) is 29.8 Å². The summed E-state index contributed by atoms with van der Waals surface area (Å²) < 4.78 is 1.88. The zero-order valence-electron chi connectivity index (χ0n) is 16.1. The maximum atomic E-state index is 12.5. The van der Waals surface area contributed by atoms with Gasteiger partial charge >= 0.3 is 0 Å². The van der Waals surface area contributed by atoms with Crippen molar-refractivity contribution in [3.63, 3.8) is 0 Å². The third-order valence-corrected chi connectivity index (χ3v) is 4.60. The summed E-state index contributed by atoms with van der Waals surface area (Å²) in [5.41, 5.74) is 2.10. The fourth-order valence-electron chi connectivity index (χ4n) is 3.05. The number of hydrogen-bond donors (Lipinski definition) is 2. The summed E-state index contributed by atoms with van der Waals surface area (Å²) >= 11 is 0. The fraction of sp³-hybridized carbons (Fsp3) is 0.190. The molecule has 146 valence electrons. The van der Waals surface area contributed by atoms with Crippen LogP contribution in [0.4, 0.5) is 0 Å². The Bertz CT molecular complexity index is 1240. The number of hydrogen-bond acceptors (Lipinski definition) is 5. The van der Waals surface area contributed by atoms with E-state index in [1.807, 2.05) is 48.7 Å². The number of pyridine rings is 1. The second kappa shape index (κ2) is 7.67. The van der Waals surface area contributed by atoms with Crippen LogP contribution in [-0.2, 0) is 6.54 Å². The van der Waals surface area contributed by atoms with Gasteiger partial charge in [-0.2, -0.15) is 0 Å². The summed E-state index contributed by atoms with van der Waals surface area (Å²) in [4.78, 5) is 40.4. The van der Waals surface area contributed by atoms with Crippen LogP contribution in [0.2, 0.25) is 0 Å². The van der Waals surface area contributed by atoms with Crippen LogP contribution in [0.15, 0.2) is 59.9 Å². The Balaban J connectivity index is 1.59. The Morgan fingerprint density at radius 1 is 1.14 bits per heavy atom. The Hall–Kier alpha value is -3.81. The molecule has 3 aromatic heterocycles. The van der Waals surface area contributed by atoms with Crippen LogP contribution in [0.5, 0.6) is 0 Å². The van der Waals surface area contributed by atoms with Gasteiger partial charge in [-0.3, -0.25) is 14.2 Å². The molecular formula is C21H20N6O2. The number of H-pyrrole nitrogens is 1. The zero-order chi connectivity index (χ0) is 20.4. The summed E-state index contributed by atoms with van der Waals surface area (Å²) in [6.07, 6.45) is 4.71. The van der Waals surface area contributed by atoms with Crippen LogP contribution < -0.4 is 10.9 Å². The van der Waals surface area contributed by atoms with E-state index in [9.17, 15) is 9.59 Å². The number of fused-ring (bicyclic) bond motifs is 1. The molecule has 0 saturated heterocycles. The third kappa shape index (κ3) is 3.64. The lowest BCUT2D eigenvalue weighted by atomic mass is 10.2. The number of nitrogens with zero attached hydrogens (tertiary/aromatic N) is 4. The molecular weight excluding hydrogens is 368 g/mol. The number of carbonyl (C=O) groups excluding carboxylic acids is 1. The molecule has 0 bridgehead atoms. The van der Waals surface area contributed by atoms with Crippen molar-refractivity contribution in [3.05, 3.63) is 82.4 Å². The molecule has 8 nitrogen and oxygen atoms in total. The van der Waals surface area contributed by atoms with Crippen molar-refractivity contribution in [2.24, 2.45) is 0 Å². The first kappa shape index (κ1) is 18.5. The lowest BCUT2D eigenvalue weighted by molar-refractivity contribution is 0.0949. The average molecular weight is 388 g/mol. The molecule has 1 aromatic carbocycles. The molecule has 8 heteroatoms. The van der Waals surface area contributed by atoms with Crippen molar-refractivity contribution >= 4 is 16.9 Å². The second-order valence-electron chi connectivity index (χ2n) is 6.94. The summed E-state index contributed by atoms with van der Waals surface area (Å²) in [6.45, 7) is 4.05. The number of rotatable bonds is 5. The smallest absolute Gasteiger partial charge is 0.263 e. The lowest BCUT2D eigenvalue weighted by Crippen LogP contribution is -2.30. The average Bonchev–Trinajstić information content (AvgIpc) is 3.16. The maximum Gasteiger partial charge on any atom is 0.263 e. The van der Waals surface area contributed by atoms with E-state index in [2.05, 4.69) is 25.3 Å². The third-order valence-electron chi connectivity index (χ3n) is 4.60. The van der Waals surface area contributed by atoms with Gasteiger partial charge < -0.3 is 10.3 Å². The highest BCUT2D eigenvalue weighted by atomic mass is 16.2. The van der Waals surface area contributed by atoms with Crippen LogP contribution in [0.1, 0.15) is 41.5 Å². The first-order valence-corrected chi connectivity index (χ1v) is 9.28. The molecule has 0 unspecified atom stereocenters. The topological polar surface area (TPSA) is 106 Å². The monoisotopic (exact) mass is 388 g/mol. The number of imidazole rings is 1. The van der Waals surface area contributed by atoms with Gasteiger partial charge in [-0.1, -0.05) is 32.0 Å². The molecule has 0 aliphatic heterocycles. The van der Waals surface area contributed by atoms with E-state index in [-0.39, 0.29) is 18.0 Å². The van der Waals surface area contributed by atoms with Crippen LogP contribution in [0.3, 0.4) is 0 Å². The van der Waals surface area contributed by atoms with Gasteiger partial charge in [-0.15, -0.1) is 0 Å². The van der Waals surface area contributed by atoms with Crippen LogP contribution >= 0.6 is 0 Å². The maximum absolute atomic E-state index is 12.5. The molecule has 1 amide bonds. The van der Waals surface area contributed by atoms with Crippen molar-refractivity contribution < 1.29 is 4.79 Å². The number of aromatic nitrogens is 5. The van der Waals surface area contributed by atoms with E-state index in [0.717, 1.165) is 16.6 Å². The predicted octanol–water partition coefficient (Wildman–Crippen LogP) is 2.56. The van der Waals surface area contributed by atoms with Crippen molar-refractivity contribution in [3.8, 4) is 5.82 Å². The van der Waals surface area contributed by atoms with Crippen LogP contribution in [-0.4, -0.2) is 30.4 Å². The molecule has 2 N–H and O–H groups in total. The standard InChI is InChI=1S/C21H20N6O2/c1-13(2)18-23-11-15(21(29)26-18)20(28)24-10-14-6-5-9-22-19(14)27-12-25-16-7-3-4-8-17(16)27/h3-9,11-13H,10H2,1-2H3,(H,24,28)(H,23,26,29). The first-order chi connectivity index (χ1) is 14.0. The largest absolute Gasteiger partial charge is 0.348 e. The molecule has 0 atom stereocenters. The van der Waals surface area contributed by atoms with E-state index in [1.54, 1.807) is 18.6 Å². The number of nitrogens with one attached hydrogen (secondary N) is 2. The zero-order valence-corrected chi connectivity index (χ0v) is 16.1. The normalized spacial score (nSPS) is 11.1. The minimum Gasteiger partial charge on any atom is -0.348 e. The van der Waals surface area contributed by atoms with Gasteiger partial charge in [0.25, 0.3) is 11.5 Å². The molecule has 0 aliphatic rings. The summed E-state index contributed by atoms with van der Waals surface area (Å²) in [5, 5.41) is 2.78. The fourth-order valence-corrected chi connectivity index (χ4v) is 3.05. The Morgan fingerprint density at radius 2 is 1.97 bits per heavy atom. The van der Waals surface area contributed by atoms with Gasteiger partial charge in [0.05, 0.1) is 11.0 Å². The number of aromatic amines is 1. The SMILES string of the molecule is CC(C)c1ncc(C(=O)NCc2cccnc2-n2cnc3ccccc32)c(=O)[nH]1. The van der Waals surface area contributed by atoms with Gasteiger partial charge in [-0.25, -0.2) is 15.0 Å². The van der Waals surface area contributed by atoms with Gasteiger partial charge in [0.1, 0.15) is 23.5 Å². The molecule has 4 rings (SSSR count). The highest BCUT2D eigenvalue weighted by Gasteiger charge is 2.15. The molecule has 0 aliphatic carbocycles. The molecule has 0 saturated carbocycles. The molecule has 29 heavy (non-hydrogen) atoms. The highest BCUT2D eigenvalue weighted by molar-refractivity contribution is 5.93. The van der Waals surface area contributed by atoms with Crippen molar-refractivity contribution in [1.29, 1.82) is 0 Å². The molecule has 4 aromatic rings. The quantitative estimate of drug-likeness (QED) is 0.547. The Labute approximate surface area is 166 Å². The van der Waals surface area contributed by atoms with Crippen LogP contribution in [0.25, 0.3) is 16.9 Å². The van der Waals surface area contributed by atoms with E-state index in [1.165, 1.54) is 6.20 Å². The number of para-hydroxylation sites is 2. The molecule has 0 spiro atoms. The molecule has 0 radical (unpaired) electrons. The first-order valence-electron chi connectivity index (χ1n) is 9.28. The van der Waals surface area contributed by atoms with E-state index >= 15 is 0 Å². The van der Waals surface area contributed by atoms with Gasteiger partial charge in [-0.05, 0) is 18.2 Å². The second-order valence-corrected chi connectivity index (χ2v) is 6.94. The van der Waals surface area contributed by atoms with Gasteiger partial charge in [0.15, 0.2) is 0 Å². The van der Waals surface area contributed by atoms with Crippen LogP contribution in [0, 0.1) is 0 Å². The Morgan fingerprint density at radius 3 is 2.76 bits per heavy atom.